The summed E-state index contributed by atoms with van der Waals surface area (Å²) in [5, 5.41) is 9.53. The summed E-state index contributed by atoms with van der Waals surface area (Å²) in [7, 11) is 1.68. The molecule has 1 aromatic heterocycles. The first-order chi connectivity index (χ1) is 14.7. The number of benzene rings is 2. The van der Waals surface area contributed by atoms with Crippen LogP contribution in [-0.4, -0.2) is 18.1 Å². The molecule has 2 aromatic carbocycles. The zero-order valence-corrected chi connectivity index (χ0v) is 17.1. The van der Waals surface area contributed by atoms with Crippen LogP contribution in [0, 0.1) is 0 Å². The standard InChI is InChI=1S/C23H26N4O3/c1-29-18-8-4-3-7-15(18)13-24-14-19-25-17-10-9-16-20(21(17)30-19)23(27-22(28)26-16)11-5-2-6-12-23/h3-4,7-10,24H,2,5-6,11-14H2,1H3,(H2,26,27,28). The number of oxazole rings is 1. The maximum Gasteiger partial charge on any atom is 0.319 e. The van der Waals surface area contributed by atoms with Crippen LogP contribution in [0.25, 0.3) is 11.1 Å². The number of hydrogen-bond donors (Lipinski definition) is 3. The quantitative estimate of drug-likeness (QED) is 0.584. The Hall–Kier alpha value is -3.06. The van der Waals surface area contributed by atoms with E-state index < -0.39 is 0 Å². The number of hydrogen-bond acceptors (Lipinski definition) is 5. The van der Waals surface area contributed by atoms with Gasteiger partial charge in [0.05, 0.1) is 24.9 Å². The Morgan fingerprint density at radius 3 is 2.80 bits per heavy atom. The zero-order valence-electron chi connectivity index (χ0n) is 17.1. The van der Waals surface area contributed by atoms with E-state index in [1.807, 2.05) is 36.4 Å². The average Bonchev–Trinajstić information content (AvgIpc) is 3.17. The van der Waals surface area contributed by atoms with Gasteiger partial charge in [0.1, 0.15) is 11.3 Å². The molecular weight excluding hydrogens is 380 g/mol. The van der Waals surface area contributed by atoms with Crippen LogP contribution < -0.4 is 20.7 Å². The number of amides is 2. The van der Waals surface area contributed by atoms with Gasteiger partial charge in [-0.25, -0.2) is 9.78 Å². The number of anilines is 1. The lowest BCUT2D eigenvalue weighted by Crippen LogP contribution is -2.52. The number of ether oxygens (including phenoxy) is 1. The van der Waals surface area contributed by atoms with Gasteiger partial charge in [-0.15, -0.1) is 0 Å². The Morgan fingerprint density at radius 1 is 1.13 bits per heavy atom. The molecule has 3 aromatic rings. The van der Waals surface area contributed by atoms with Crippen molar-refractivity contribution >= 4 is 22.8 Å². The second-order valence-electron chi connectivity index (χ2n) is 8.08. The molecule has 2 aliphatic rings. The summed E-state index contributed by atoms with van der Waals surface area (Å²) >= 11 is 0. The Bertz CT molecular complexity index is 1090. The Balaban J connectivity index is 1.42. The van der Waals surface area contributed by atoms with E-state index in [0.717, 1.165) is 59.3 Å². The number of urea groups is 1. The molecule has 1 fully saturated rings. The molecule has 1 saturated carbocycles. The van der Waals surface area contributed by atoms with Gasteiger partial charge in [0.15, 0.2) is 5.58 Å². The molecule has 156 valence electrons. The summed E-state index contributed by atoms with van der Waals surface area (Å²) in [5.41, 5.74) is 4.20. The molecule has 0 unspecified atom stereocenters. The highest BCUT2D eigenvalue weighted by Gasteiger charge is 2.42. The first-order valence-electron chi connectivity index (χ1n) is 10.5. The summed E-state index contributed by atoms with van der Waals surface area (Å²) in [6, 6.07) is 11.7. The fourth-order valence-electron chi connectivity index (χ4n) is 4.81. The minimum absolute atomic E-state index is 0.137. The van der Waals surface area contributed by atoms with E-state index in [4.69, 9.17) is 14.1 Å². The fraction of sp³-hybridized carbons (Fsp3) is 0.391. The van der Waals surface area contributed by atoms with Crippen LogP contribution in [0.2, 0.25) is 0 Å². The highest BCUT2D eigenvalue weighted by Crippen LogP contribution is 2.45. The van der Waals surface area contributed by atoms with E-state index in [2.05, 4.69) is 16.0 Å². The Kier molecular flexibility index (Phi) is 4.83. The Morgan fingerprint density at radius 2 is 1.97 bits per heavy atom. The van der Waals surface area contributed by atoms with Gasteiger partial charge < -0.3 is 25.1 Å². The normalized spacial score (nSPS) is 17.4. The van der Waals surface area contributed by atoms with E-state index in [0.29, 0.717) is 19.0 Å². The predicted molar refractivity (Wildman–Crippen MR) is 114 cm³/mol. The van der Waals surface area contributed by atoms with Crippen molar-refractivity contribution < 1.29 is 13.9 Å². The second kappa shape index (κ2) is 7.65. The van der Waals surface area contributed by atoms with Crippen molar-refractivity contribution in [2.75, 3.05) is 12.4 Å². The van der Waals surface area contributed by atoms with E-state index in [1.54, 1.807) is 7.11 Å². The smallest absolute Gasteiger partial charge is 0.319 e. The summed E-state index contributed by atoms with van der Waals surface area (Å²) in [4.78, 5) is 17.0. The molecule has 1 spiro atoms. The highest BCUT2D eigenvalue weighted by molar-refractivity contribution is 5.98. The Labute approximate surface area is 175 Å². The van der Waals surface area contributed by atoms with Crippen LogP contribution in [0.3, 0.4) is 0 Å². The molecule has 0 radical (unpaired) electrons. The van der Waals surface area contributed by atoms with Crippen LogP contribution in [-0.2, 0) is 18.6 Å². The molecule has 1 aliphatic carbocycles. The molecule has 1 aliphatic heterocycles. The van der Waals surface area contributed by atoms with Gasteiger partial charge in [0, 0.05) is 17.7 Å². The topological polar surface area (TPSA) is 88.4 Å². The third-order valence-corrected chi connectivity index (χ3v) is 6.17. The van der Waals surface area contributed by atoms with E-state index in [9.17, 15) is 4.79 Å². The molecule has 5 rings (SSSR count). The van der Waals surface area contributed by atoms with Crippen molar-refractivity contribution in [1.29, 1.82) is 0 Å². The van der Waals surface area contributed by atoms with Crippen LogP contribution >= 0.6 is 0 Å². The maximum absolute atomic E-state index is 12.3. The number of carbonyl (C=O) groups is 1. The third kappa shape index (κ3) is 3.29. The fourth-order valence-corrected chi connectivity index (χ4v) is 4.81. The third-order valence-electron chi connectivity index (χ3n) is 6.17. The molecule has 7 nitrogen and oxygen atoms in total. The number of rotatable bonds is 5. The molecule has 2 amide bonds. The van der Waals surface area contributed by atoms with Gasteiger partial charge in [-0.05, 0) is 31.0 Å². The van der Waals surface area contributed by atoms with Gasteiger partial charge in [0.2, 0.25) is 5.89 Å². The molecule has 7 heteroatoms. The molecule has 2 heterocycles. The highest BCUT2D eigenvalue weighted by atomic mass is 16.5. The minimum atomic E-state index is -0.364. The van der Waals surface area contributed by atoms with Crippen molar-refractivity contribution in [1.82, 2.24) is 15.6 Å². The molecule has 30 heavy (non-hydrogen) atoms. The van der Waals surface area contributed by atoms with Crippen molar-refractivity contribution in [3.05, 3.63) is 53.4 Å². The number of carbonyl (C=O) groups excluding carboxylic acids is 1. The van der Waals surface area contributed by atoms with Crippen molar-refractivity contribution in [3.8, 4) is 5.75 Å². The second-order valence-corrected chi connectivity index (χ2v) is 8.08. The summed E-state index contributed by atoms with van der Waals surface area (Å²) in [5.74, 6) is 1.49. The van der Waals surface area contributed by atoms with Gasteiger partial charge in [0.25, 0.3) is 0 Å². The monoisotopic (exact) mass is 406 g/mol. The predicted octanol–water partition coefficient (Wildman–Crippen LogP) is 4.42. The van der Waals surface area contributed by atoms with Crippen LogP contribution in [0.5, 0.6) is 5.75 Å². The minimum Gasteiger partial charge on any atom is -0.496 e. The van der Waals surface area contributed by atoms with Gasteiger partial charge >= 0.3 is 6.03 Å². The maximum atomic E-state index is 12.3. The summed E-state index contributed by atoms with van der Waals surface area (Å²) in [6.45, 7) is 1.16. The van der Waals surface area contributed by atoms with Crippen molar-refractivity contribution in [2.45, 2.75) is 50.7 Å². The van der Waals surface area contributed by atoms with Crippen molar-refractivity contribution in [3.63, 3.8) is 0 Å². The van der Waals surface area contributed by atoms with Crippen LogP contribution in [0.1, 0.15) is 49.1 Å². The first kappa shape index (κ1) is 18.9. The molecule has 0 bridgehead atoms. The van der Waals surface area contributed by atoms with Gasteiger partial charge in [-0.3, -0.25) is 0 Å². The number of nitrogens with zero attached hydrogens (tertiary/aromatic N) is 1. The largest absolute Gasteiger partial charge is 0.496 e. The summed E-state index contributed by atoms with van der Waals surface area (Å²) < 4.78 is 11.6. The first-order valence-corrected chi connectivity index (χ1v) is 10.5. The lowest BCUT2D eigenvalue weighted by atomic mass is 9.75. The lowest BCUT2D eigenvalue weighted by molar-refractivity contribution is 0.209. The van der Waals surface area contributed by atoms with E-state index in [-0.39, 0.29) is 11.6 Å². The van der Waals surface area contributed by atoms with Gasteiger partial charge in [-0.2, -0.15) is 0 Å². The SMILES string of the molecule is COc1ccccc1CNCc1nc2ccc3c(c2o1)C1(CCCCC1)NC(=O)N3. The van der Waals surface area contributed by atoms with E-state index in [1.165, 1.54) is 6.42 Å². The molecule has 0 atom stereocenters. The van der Waals surface area contributed by atoms with Crippen LogP contribution in [0.4, 0.5) is 10.5 Å². The van der Waals surface area contributed by atoms with Crippen LogP contribution in [0.15, 0.2) is 40.8 Å². The number of fused-ring (bicyclic) bond motifs is 4. The lowest BCUT2D eigenvalue weighted by Gasteiger charge is -2.42. The summed E-state index contributed by atoms with van der Waals surface area (Å²) in [6.07, 6.45) is 5.24. The molecular formula is C23H26N4O3. The zero-order chi connectivity index (χ0) is 20.6. The van der Waals surface area contributed by atoms with Gasteiger partial charge in [-0.1, -0.05) is 37.5 Å². The van der Waals surface area contributed by atoms with Crippen molar-refractivity contribution in [2.24, 2.45) is 0 Å². The molecule has 3 N–H and O–H groups in total. The number of methoxy groups -OCH3 is 1. The molecule has 0 saturated heterocycles. The number of aromatic nitrogens is 1. The number of nitrogens with one attached hydrogen (secondary N) is 3. The van der Waals surface area contributed by atoms with E-state index >= 15 is 0 Å². The number of para-hydroxylation sites is 1. The average molecular weight is 406 g/mol.